The molecule has 0 aromatic heterocycles. The summed E-state index contributed by atoms with van der Waals surface area (Å²) in [6, 6.07) is 11.0. The summed E-state index contributed by atoms with van der Waals surface area (Å²) in [5.41, 5.74) is 1.94. The lowest BCUT2D eigenvalue weighted by Crippen LogP contribution is -2.40. The molecular weight excluding hydrogens is 482 g/mol. The maximum atomic E-state index is 13.2. The molecule has 1 heterocycles. The maximum absolute atomic E-state index is 13.2. The molecule has 34 heavy (non-hydrogen) atoms. The zero-order valence-electron chi connectivity index (χ0n) is 18.9. The van der Waals surface area contributed by atoms with Gasteiger partial charge in [-0.3, -0.25) is 10.0 Å². The van der Waals surface area contributed by atoms with E-state index in [2.05, 4.69) is 11.8 Å². The number of rotatable bonds is 9. The average Bonchev–Trinajstić information content (AvgIpc) is 3.33. The van der Waals surface area contributed by atoms with Crippen LogP contribution in [0, 0.1) is 11.8 Å². The lowest BCUT2D eigenvalue weighted by Gasteiger charge is -2.26. The first-order chi connectivity index (χ1) is 15.9. The van der Waals surface area contributed by atoms with Gasteiger partial charge >= 0.3 is 0 Å². The molecule has 184 valence electrons. The second kappa shape index (κ2) is 12.6. The summed E-state index contributed by atoms with van der Waals surface area (Å²) in [5, 5.41) is 11.1. The van der Waals surface area contributed by atoms with Gasteiger partial charge in [-0.2, -0.15) is 4.31 Å². The molecule has 11 heteroatoms. The largest absolute Gasteiger partial charge is 0.481 e. The zero-order valence-corrected chi connectivity index (χ0v) is 20.6. The fraction of sp³-hybridized carbons (Fsp3) is 0.348. The summed E-state index contributed by atoms with van der Waals surface area (Å²) in [5.74, 6) is 5.63. The van der Waals surface area contributed by atoms with Crippen LogP contribution in [-0.4, -0.2) is 55.6 Å². The first kappa shape index (κ1) is 27.4. The van der Waals surface area contributed by atoms with Crippen LogP contribution in [-0.2, 0) is 14.8 Å². The van der Waals surface area contributed by atoms with Crippen molar-refractivity contribution in [1.29, 1.82) is 0 Å². The Balaban J connectivity index is 0.00000408. The molecule has 0 bridgehead atoms. The predicted octanol–water partition coefficient (Wildman–Crippen LogP) is 2.77. The van der Waals surface area contributed by atoms with E-state index < -0.39 is 22.0 Å². The second-order valence-electron chi connectivity index (χ2n) is 7.38. The van der Waals surface area contributed by atoms with Crippen molar-refractivity contribution in [2.75, 3.05) is 26.7 Å². The summed E-state index contributed by atoms with van der Waals surface area (Å²) in [4.78, 5) is 18.2. The molecule has 1 amide bonds. The fourth-order valence-electron chi connectivity index (χ4n) is 3.43. The lowest BCUT2D eigenvalue weighted by molar-refractivity contribution is -0.133. The van der Waals surface area contributed by atoms with Gasteiger partial charge in [0.15, 0.2) is 0 Å². The quantitative estimate of drug-likeness (QED) is 0.304. The Morgan fingerprint density at radius 1 is 1.12 bits per heavy atom. The smallest absolute Gasteiger partial charge is 0.266 e. The number of halogens is 1. The topological polar surface area (TPSA) is 108 Å². The fourth-order valence-corrected chi connectivity index (χ4v) is 4.74. The Kier molecular flexibility index (Phi) is 10.2. The number of carbonyl (C=O) groups is 1. The van der Waals surface area contributed by atoms with Crippen LogP contribution in [0.3, 0.4) is 0 Å². The molecule has 0 saturated carbocycles. The number of nitrogens with one attached hydrogen (secondary N) is 1. The van der Waals surface area contributed by atoms with E-state index in [-0.39, 0.29) is 23.9 Å². The van der Waals surface area contributed by atoms with Crippen molar-refractivity contribution < 1.29 is 28.0 Å². The SMILES string of the molecule is CC#CCOc1ccc(S(=O)(=O)N(C)[C@@H](C(=O)NO)c2ccc(ON3CCCC3)cc2)cc1.Cl. The molecule has 9 nitrogen and oxygen atoms in total. The summed E-state index contributed by atoms with van der Waals surface area (Å²) >= 11 is 0. The number of benzene rings is 2. The third kappa shape index (κ3) is 6.62. The van der Waals surface area contributed by atoms with Crippen molar-refractivity contribution in [3.63, 3.8) is 0 Å². The predicted molar refractivity (Wildman–Crippen MR) is 128 cm³/mol. The minimum Gasteiger partial charge on any atom is -0.481 e. The van der Waals surface area contributed by atoms with Gasteiger partial charge in [0.05, 0.1) is 4.90 Å². The van der Waals surface area contributed by atoms with E-state index in [0.717, 1.165) is 30.2 Å². The molecule has 1 saturated heterocycles. The van der Waals surface area contributed by atoms with Gasteiger partial charge in [0.1, 0.15) is 24.1 Å². The van der Waals surface area contributed by atoms with Crippen LogP contribution >= 0.6 is 12.4 Å². The van der Waals surface area contributed by atoms with Gasteiger partial charge in [-0.25, -0.2) is 13.9 Å². The highest BCUT2D eigenvalue weighted by Crippen LogP contribution is 2.29. The molecule has 1 aliphatic rings. The lowest BCUT2D eigenvalue weighted by atomic mass is 10.1. The van der Waals surface area contributed by atoms with Crippen molar-refractivity contribution in [3.8, 4) is 23.3 Å². The summed E-state index contributed by atoms with van der Waals surface area (Å²) < 4.78 is 32.7. The van der Waals surface area contributed by atoms with E-state index in [1.807, 2.05) is 5.06 Å². The van der Waals surface area contributed by atoms with Crippen LogP contribution in [0.1, 0.15) is 31.4 Å². The molecule has 2 aromatic carbocycles. The van der Waals surface area contributed by atoms with Gasteiger partial charge in [-0.05, 0) is 61.7 Å². The molecular formula is C23H28ClN3O6S. The first-order valence-corrected chi connectivity index (χ1v) is 11.9. The highest BCUT2D eigenvalue weighted by atomic mass is 35.5. The summed E-state index contributed by atoms with van der Waals surface area (Å²) in [6.45, 7) is 3.57. The number of hydroxylamine groups is 3. The highest BCUT2D eigenvalue weighted by Gasteiger charge is 2.34. The van der Waals surface area contributed by atoms with Crippen molar-refractivity contribution in [3.05, 3.63) is 54.1 Å². The van der Waals surface area contributed by atoms with E-state index >= 15 is 0 Å². The number of hydrogen-bond acceptors (Lipinski definition) is 7. The molecule has 3 rings (SSSR count). The third-order valence-electron chi connectivity index (χ3n) is 5.21. The van der Waals surface area contributed by atoms with Crippen molar-refractivity contribution >= 4 is 28.3 Å². The van der Waals surface area contributed by atoms with Gasteiger partial charge in [-0.15, -0.1) is 23.4 Å². The normalized spacial score (nSPS) is 14.5. The molecule has 1 fully saturated rings. The zero-order chi connectivity index (χ0) is 23.8. The van der Waals surface area contributed by atoms with Gasteiger partial charge in [0.25, 0.3) is 5.91 Å². The molecule has 2 N–H and O–H groups in total. The Hall–Kier alpha value is -2.81. The maximum Gasteiger partial charge on any atom is 0.266 e. The number of sulfonamides is 1. The van der Waals surface area contributed by atoms with Crippen LogP contribution in [0.25, 0.3) is 0 Å². The monoisotopic (exact) mass is 509 g/mol. The van der Waals surface area contributed by atoms with Gasteiger partial charge < -0.3 is 9.57 Å². The first-order valence-electron chi connectivity index (χ1n) is 10.4. The summed E-state index contributed by atoms with van der Waals surface area (Å²) in [7, 11) is -2.79. The third-order valence-corrected chi connectivity index (χ3v) is 7.04. The molecule has 0 aliphatic carbocycles. The Labute approximate surface area is 206 Å². The van der Waals surface area contributed by atoms with Gasteiger partial charge in [-0.1, -0.05) is 18.1 Å². The Morgan fingerprint density at radius 3 is 2.26 bits per heavy atom. The van der Waals surface area contributed by atoms with Gasteiger partial charge in [0, 0.05) is 20.1 Å². The Morgan fingerprint density at radius 2 is 1.71 bits per heavy atom. The van der Waals surface area contributed by atoms with Crippen molar-refractivity contribution in [2.24, 2.45) is 0 Å². The number of ether oxygens (including phenoxy) is 1. The Bertz CT molecular complexity index is 1110. The number of carbonyl (C=O) groups excluding carboxylic acids is 1. The molecule has 0 radical (unpaired) electrons. The molecule has 1 atom stereocenters. The van der Waals surface area contributed by atoms with Crippen LogP contribution in [0.15, 0.2) is 53.4 Å². The van der Waals surface area contributed by atoms with E-state index in [0.29, 0.717) is 17.1 Å². The van der Waals surface area contributed by atoms with E-state index in [1.165, 1.54) is 31.3 Å². The van der Waals surface area contributed by atoms with Crippen molar-refractivity contribution in [1.82, 2.24) is 14.8 Å². The highest BCUT2D eigenvalue weighted by molar-refractivity contribution is 7.89. The van der Waals surface area contributed by atoms with Crippen LogP contribution < -0.4 is 15.1 Å². The standard InChI is InChI=1S/C23H27N3O6S.ClH/c1-3-4-17-31-19-11-13-21(14-12-19)33(29,30)25(2)22(23(27)24-28)18-7-9-20(10-8-18)32-26-15-5-6-16-26;/h7-14,22,28H,5-6,15-17H2,1-2H3,(H,24,27);1H/t22-;/m1./s1. The number of nitrogens with zero attached hydrogens (tertiary/aromatic N) is 2. The number of likely N-dealkylation sites (N-methyl/N-ethyl adjacent to an activating group) is 1. The molecule has 0 spiro atoms. The van der Waals surface area contributed by atoms with Crippen molar-refractivity contribution in [2.45, 2.75) is 30.7 Å². The molecule has 2 aromatic rings. The van der Waals surface area contributed by atoms with E-state index in [1.54, 1.807) is 36.7 Å². The second-order valence-corrected chi connectivity index (χ2v) is 9.38. The average molecular weight is 510 g/mol. The van der Waals surface area contributed by atoms with Crippen LogP contribution in [0.2, 0.25) is 0 Å². The van der Waals surface area contributed by atoms with Gasteiger partial charge in [0.2, 0.25) is 10.0 Å². The molecule has 0 unspecified atom stereocenters. The van der Waals surface area contributed by atoms with E-state index in [4.69, 9.17) is 9.57 Å². The number of amides is 1. The molecule has 1 aliphatic heterocycles. The summed E-state index contributed by atoms with van der Waals surface area (Å²) in [6.07, 6.45) is 2.14. The van der Waals surface area contributed by atoms with Crippen LogP contribution in [0.4, 0.5) is 0 Å². The minimum atomic E-state index is -4.07. The minimum absolute atomic E-state index is 0. The number of hydrogen-bond donors (Lipinski definition) is 2. The van der Waals surface area contributed by atoms with Crippen LogP contribution in [0.5, 0.6) is 11.5 Å². The van der Waals surface area contributed by atoms with E-state index in [9.17, 15) is 18.4 Å².